The standard InChI is InChI=1S/C18H27NO5/c1-13(2)12-19(8-7-18(21)22)17(20)6-5-14-9-15(23-3)11-16(10-14)24-4/h9-11,13H,5-8,12H2,1-4H3,(H,21,22). The van der Waals surface area contributed by atoms with Gasteiger partial charge in [-0.1, -0.05) is 13.8 Å². The summed E-state index contributed by atoms with van der Waals surface area (Å²) in [7, 11) is 3.17. The molecule has 0 saturated carbocycles. The van der Waals surface area contributed by atoms with E-state index in [9.17, 15) is 9.59 Å². The highest BCUT2D eigenvalue weighted by molar-refractivity contribution is 5.77. The number of hydrogen-bond acceptors (Lipinski definition) is 4. The molecule has 0 unspecified atom stereocenters. The lowest BCUT2D eigenvalue weighted by Gasteiger charge is -2.24. The SMILES string of the molecule is COc1cc(CCC(=O)N(CCC(=O)O)CC(C)C)cc(OC)c1. The van der Waals surface area contributed by atoms with E-state index in [1.807, 2.05) is 26.0 Å². The summed E-state index contributed by atoms with van der Waals surface area (Å²) < 4.78 is 10.5. The second-order valence-electron chi connectivity index (χ2n) is 6.10. The van der Waals surface area contributed by atoms with Gasteiger partial charge in [0.1, 0.15) is 11.5 Å². The molecular weight excluding hydrogens is 310 g/mol. The number of aryl methyl sites for hydroxylation is 1. The van der Waals surface area contributed by atoms with Crippen LogP contribution in [0.5, 0.6) is 11.5 Å². The van der Waals surface area contributed by atoms with Gasteiger partial charge in [-0.15, -0.1) is 0 Å². The van der Waals surface area contributed by atoms with Gasteiger partial charge in [0.2, 0.25) is 5.91 Å². The highest BCUT2D eigenvalue weighted by atomic mass is 16.5. The molecule has 0 radical (unpaired) electrons. The van der Waals surface area contributed by atoms with Crippen molar-refractivity contribution >= 4 is 11.9 Å². The fraction of sp³-hybridized carbons (Fsp3) is 0.556. The van der Waals surface area contributed by atoms with Crippen molar-refractivity contribution in [3.05, 3.63) is 23.8 Å². The largest absolute Gasteiger partial charge is 0.497 e. The van der Waals surface area contributed by atoms with Crippen LogP contribution in [0.2, 0.25) is 0 Å². The summed E-state index contributed by atoms with van der Waals surface area (Å²) in [5.41, 5.74) is 0.947. The smallest absolute Gasteiger partial charge is 0.305 e. The maximum Gasteiger partial charge on any atom is 0.305 e. The Balaban J connectivity index is 2.71. The predicted octanol–water partition coefficient (Wildman–Crippen LogP) is 2.60. The fourth-order valence-corrected chi connectivity index (χ4v) is 2.41. The van der Waals surface area contributed by atoms with Gasteiger partial charge in [-0.05, 0) is 30.0 Å². The lowest BCUT2D eigenvalue weighted by molar-refractivity contribution is -0.138. The average Bonchev–Trinajstić information content (AvgIpc) is 2.55. The van der Waals surface area contributed by atoms with Gasteiger partial charge >= 0.3 is 5.97 Å². The zero-order valence-electron chi connectivity index (χ0n) is 14.9. The summed E-state index contributed by atoms with van der Waals surface area (Å²) in [6.07, 6.45) is 0.835. The van der Waals surface area contributed by atoms with Gasteiger partial charge in [0.15, 0.2) is 0 Å². The van der Waals surface area contributed by atoms with Crippen LogP contribution in [-0.4, -0.2) is 49.2 Å². The third kappa shape index (κ3) is 6.89. The van der Waals surface area contributed by atoms with Crippen molar-refractivity contribution in [2.45, 2.75) is 33.1 Å². The average molecular weight is 337 g/mol. The predicted molar refractivity (Wildman–Crippen MR) is 91.5 cm³/mol. The number of carboxylic acid groups (broad SMARTS) is 1. The van der Waals surface area contributed by atoms with Crippen LogP contribution in [0, 0.1) is 5.92 Å². The first-order chi connectivity index (χ1) is 11.3. The Morgan fingerprint density at radius 2 is 1.67 bits per heavy atom. The van der Waals surface area contributed by atoms with E-state index in [0.29, 0.717) is 36.8 Å². The highest BCUT2D eigenvalue weighted by Crippen LogP contribution is 2.23. The first kappa shape index (κ1) is 19.8. The van der Waals surface area contributed by atoms with Crippen LogP contribution in [0.25, 0.3) is 0 Å². The summed E-state index contributed by atoms with van der Waals surface area (Å²) in [6.45, 7) is 4.82. The molecule has 1 rings (SSSR count). The molecule has 6 heteroatoms. The van der Waals surface area contributed by atoms with Crippen LogP contribution in [0.1, 0.15) is 32.3 Å². The van der Waals surface area contributed by atoms with E-state index in [0.717, 1.165) is 5.56 Å². The Labute approximate surface area is 143 Å². The number of amides is 1. The minimum absolute atomic E-state index is 0.0354. The van der Waals surface area contributed by atoms with Crippen molar-refractivity contribution < 1.29 is 24.2 Å². The van der Waals surface area contributed by atoms with Crippen molar-refractivity contribution in [1.29, 1.82) is 0 Å². The Hall–Kier alpha value is -2.24. The molecule has 0 aliphatic rings. The van der Waals surface area contributed by atoms with E-state index in [2.05, 4.69) is 0 Å². The Morgan fingerprint density at radius 3 is 2.12 bits per heavy atom. The number of hydrogen-bond donors (Lipinski definition) is 1. The third-order valence-corrected chi connectivity index (χ3v) is 3.57. The summed E-state index contributed by atoms with van der Waals surface area (Å²) >= 11 is 0. The third-order valence-electron chi connectivity index (χ3n) is 3.57. The minimum Gasteiger partial charge on any atom is -0.497 e. The van der Waals surface area contributed by atoms with Crippen molar-refractivity contribution in [3.63, 3.8) is 0 Å². The molecule has 0 fully saturated rings. The molecule has 0 spiro atoms. The van der Waals surface area contributed by atoms with Crippen LogP contribution in [-0.2, 0) is 16.0 Å². The van der Waals surface area contributed by atoms with Crippen LogP contribution < -0.4 is 9.47 Å². The molecule has 0 atom stereocenters. The Kier molecular flexibility index (Phi) is 8.09. The van der Waals surface area contributed by atoms with Crippen LogP contribution in [0.3, 0.4) is 0 Å². The van der Waals surface area contributed by atoms with Crippen LogP contribution >= 0.6 is 0 Å². The number of carboxylic acids is 1. The molecule has 6 nitrogen and oxygen atoms in total. The second-order valence-corrected chi connectivity index (χ2v) is 6.10. The number of aliphatic carboxylic acids is 1. The molecule has 24 heavy (non-hydrogen) atoms. The molecule has 0 saturated heterocycles. The van der Waals surface area contributed by atoms with Crippen molar-refractivity contribution in [2.75, 3.05) is 27.3 Å². The van der Waals surface area contributed by atoms with E-state index < -0.39 is 5.97 Å². The van der Waals surface area contributed by atoms with Gasteiger partial charge in [-0.3, -0.25) is 9.59 Å². The molecule has 0 bridgehead atoms. The Bertz CT molecular complexity index is 534. The lowest BCUT2D eigenvalue weighted by Crippen LogP contribution is -2.36. The van der Waals surface area contributed by atoms with E-state index in [1.54, 1.807) is 25.2 Å². The van der Waals surface area contributed by atoms with Crippen molar-refractivity contribution in [1.82, 2.24) is 4.90 Å². The molecule has 0 heterocycles. The summed E-state index contributed by atoms with van der Waals surface area (Å²) in [5.74, 6) is 0.726. The van der Waals surface area contributed by atoms with Gasteiger partial charge in [0.25, 0.3) is 0 Å². The van der Waals surface area contributed by atoms with E-state index in [-0.39, 0.29) is 18.9 Å². The van der Waals surface area contributed by atoms with E-state index >= 15 is 0 Å². The van der Waals surface area contributed by atoms with Crippen LogP contribution in [0.15, 0.2) is 18.2 Å². The topological polar surface area (TPSA) is 76.1 Å². The molecule has 0 aliphatic heterocycles. The van der Waals surface area contributed by atoms with E-state index in [4.69, 9.17) is 14.6 Å². The van der Waals surface area contributed by atoms with Crippen molar-refractivity contribution in [2.24, 2.45) is 5.92 Å². The zero-order chi connectivity index (χ0) is 18.1. The molecule has 134 valence electrons. The van der Waals surface area contributed by atoms with Crippen LogP contribution in [0.4, 0.5) is 0 Å². The first-order valence-electron chi connectivity index (χ1n) is 8.07. The lowest BCUT2D eigenvalue weighted by atomic mass is 10.1. The molecule has 0 aromatic heterocycles. The normalized spacial score (nSPS) is 10.5. The van der Waals surface area contributed by atoms with Crippen molar-refractivity contribution in [3.8, 4) is 11.5 Å². The van der Waals surface area contributed by atoms with Gasteiger partial charge in [-0.25, -0.2) is 0 Å². The number of nitrogens with zero attached hydrogens (tertiary/aromatic N) is 1. The molecular formula is C18H27NO5. The van der Waals surface area contributed by atoms with E-state index in [1.165, 1.54) is 0 Å². The van der Waals surface area contributed by atoms with Gasteiger partial charge < -0.3 is 19.5 Å². The van der Waals surface area contributed by atoms with Gasteiger partial charge in [0.05, 0.1) is 20.6 Å². The van der Waals surface area contributed by atoms with Gasteiger partial charge in [-0.2, -0.15) is 0 Å². The molecule has 1 N–H and O–H groups in total. The van der Waals surface area contributed by atoms with Gasteiger partial charge in [0, 0.05) is 25.6 Å². The number of benzene rings is 1. The quantitative estimate of drug-likeness (QED) is 0.710. The molecule has 0 aliphatic carbocycles. The molecule has 1 amide bonds. The number of carbonyl (C=O) groups is 2. The maximum absolute atomic E-state index is 12.4. The highest BCUT2D eigenvalue weighted by Gasteiger charge is 2.16. The fourth-order valence-electron chi connectivity index (χ4n) is 2.41. The number of rotatable bonds is 10. The summed E-state index contributed by atoms with van der Waals surface area (Å²) in [6, 6.07) is 5.53. The number of methoxy groups -OCH3 is 2. The monoisotopic (exact) mass is 337 g/mol. The summed E-state index contributed by atoms with van der Waals surface area (Å²) in [4.78, 5) is 24.8. The Morgan fingerprint density at radius 1 is 1.08 bits per heavy atom. The first-order valence-corrected chi connectivity index (χ1v) is 8.07. The molecule has 1 aromatic carbocycles. The minimum atomic E-state index is -0.894. The second kappa shape index (κ2) is 9.80. The number of carbonyl (C=O) groups excluding carboxylic acids is 1. The maximum atomic E-state index is 12.4. The number of ether oxygens (including phenoxy) is 2. The molecule has 1 aromatic rings. The zero-order valence-corrected chi connectivity index (χ0v) is 14.9. The summed E-state index contributed by atoms with van der Waals surface area (Å²) in [5, 5.41) is 8.84.